The van der Waals surface area contributed by atoms with Gasteiger partial charge in [0, 0.05) is 5.56 Å². The molecule has 0 radical (unpaired) electrons. The van der Waals surface area contributed by atoms with Crippen LogP contribution in [0.15, 0.2) is 0 Å². The van der Waals surface area contributed by atoms with Crippen LogP contribution in [0.1, 0.15) is 11.1 Å². The van der Waals surface area contributed by atoms with E-state index in [2.05, 4.69) is 0 Å². The van der Waals surface area contributed by atoms with Crippen molar-refractivity contribution in [1.82, 2.24) is 0 Å². The minimum absolute atomic E-state index is 0.769. The molecule has 5 heteroatoms. The molecule has 0 aliphatic heterocycles. The summed E-state index contributed by atoms with van der Waals surface area (Å²) >= 11 is 0. The van der Waals surface area contributed by atoms with Crippen LogP contribution in [0.25, 0.3) is 0 Å². The summed E-state index contributed by atoms with van der Waals surface area (Å²) in [5, 5.41) is 8.18. The normalized spacial score (nSPS) is 9.85. The number of halogens is 4. The number of nitrogens with zero attached hydrogens (tertiary/aromatic N) is 1. The van der Waals surface area contributed by atoms with E-state index in [0.29, 0.717) is 0 Å². The monoisotopic (exact) mass is 189 g/mol. The van der Waals surface area contributed by atoms with Gasteiger partial charge in [-0.05, 0) is 6.92 Å². The van der Waals surface area contributed by atoms with Gasteiger partial charge in [0.1, 0.15) is 11.6 Å². The maximum atomic E-state index is 12.7. The van der Waals surface area contributed by atoms with E-state index in [1.54, 1.807) is 0 Å². The van der Waals surface area contributed by atoms with Crippen molar-refractivity contribution >= 4 is 0 Å². The SMILES string of the molecule is Cc1c(F)c(F)c(C#N)c(F)c1F. The Kier molecular flexibility index (Phi) is 2.24. The molecule has 0 aliphatic rings. The van der Waals surface area contributed by atoms with E-state index in [0.717, 1.165) is 13.0 Å². The van der Waals surface area contributed by atoms with E-state index in [1.807, 2.05) is 0 Å². The quantitative estimate of drug-likeness (QED) is 0.454. The predicted molar refractivity (Wildman–Crippen MR) is 35.7 cm³/mol. The summed E-state index contributed by atoms with van der Waals surface area (Å²) < 4.78 is 50.8. The summed E-state index contributed by atoms with van der Waals surface area (Å²) in [7, 11) is 0. The molecule has 0 bridgehead atoms. The van der Waals surface area contributed by atoms with E-state index in [-0.39, 0.29) is 0 Å². The molecule has 68 valence electrons. The Balaban J connectivity index is 3.69. The van der Waals surface area contributed by atoms with Gasteiger partial charge in [-0.1, -0.05) is 0 Å². The topological polar surface area (TPSA) is 23.8 Å². The summed E-state index contributed by atoms with van der Waals surface area (Å²) in [6, 6.07) is 1.04. The maximum absolute atomic E-state index is 12.7. The van der Waals surface area contributed by atoms with Crippen LogP contribution in [-0.4, -0.2) is 0 Å². The first-order valence-corrected chi connectivity index (χ1v) is 3.23. The Morgan fingerprint density at radius 3 is 1.62 bits per heavy atom. The van der Waals surface area contributed by atoms with Gasteiger partial charge in [0.05, 0.1) is 0 Å². The molecular formula is C8H3F4N. The zero-order valence-corrected chi connectivity index (χ0v) is 6.46. The molecule has 0 amide bonds. The van der Waals surface area contributed by atoms with Crippen LogP contribution in [-0.2, 0) is 0 Å². The molecule has 1 aromatic rings. The molecule has 0 unspecified atom stereocenters. The highest BCUT2D eigenvalue weighted by Crippen LogP contribution is 2.22. The van der Waals surface area contributed by atoms with Crippen molar-refractivity contribution in [1.29, 1.82) is 5.26 Å². The highest BCUT2D eigenvalue weighted by Gasteiger charge is 2.22. The Morgan fingerprint density at radius 1 is 0.923 bits per heavy atom. The van der Waals surface area contributed by atoms with Gasteiger partial charge in [0.2, 0.25) is 0 Å². The van der Waals surface area contributed by atoms with Crippen LogP contribution in [0.3, 0.4) is 0 Å². The minimum Gasteiger partial charge on any atom is -0.203 e. The summed E-state index contributed by atoms with van der Waals surface area (Å²) in [4.78, 5) is 0. The first-order valence-electron chi connectivity index (χ1n) is 3.23. The lowest BCUT2D eigenvalue weighted by molar-refractivity contribution is 0.441. The first-order chi connectivity index (χ1) is 6.00. The second kappa shape index (κ2) is 3.05. The Bertz CT molecular complexity index is 377. The molecule has 13 heavy (non-hydrogen) atoms. The largest absolute Gasteiger partial charge is 0.203 e. The molecule has 0 fully saturated rings. The molecule has 1 rings (SSSR count). The standard InChI is InChI=1S/C8H3F4N/c1-3-5(9)7(11)4(2-13)8(12)6(3)10/h1H3. The molecule has 1 nitrogen and oxygen atoms in total. The molecule has 0 saturated carbocycles. The molecule has 0 heterocycles. The van der Waals surface area contributed by atoms with Crippen LogP contribution < -0.4 is 0 Å². The van der Waals surface area contributed by atoms with Crippen molar-refractivity contribution < 1.29 is 17.6 Å². The zero-order chi connectivity index (χ0) is 10.2. The van der Waals surface area contributed by atoms with Gasteiger partial charge in [0.15, 0.2) is 23.3 Å². The maximum Gasteiger partial charge on any atom is 0.180 e. The third-order valence-corrected chi connectivity index (χ3v) is 1.59. The second-order valence-electron chi connectivity index (χ2n) is 2.37. The van der Waals surface area contributed by atoms with Gasteiger partial charge in [-0.3, -0.25) is 0 Å². The summed E-state index contributed by atoms with van der Waals surface area (Å²) in [5.74, 6) is -6.37. The Labute approximate surface area is 71.2 Å². The second-order valence-corrected chi connectivity index (χ2v) is 2.37. The third kappa shape index (κ3) is 1.24. The number of hydrogen-bond donors (Lipinski definition) is 0. The number of hydrogen-bond acceptors (Lipinski definition) is 1. The molecular weight excluding hydrogens is 186 g/mol. The number of nitriles is 1. The fraction of sp³-hybridized carbons (Fsp3) is 0.125. The molecule has 0 aromatic heterocycles. The van der Waals surface area contributed by atoms with Crippen LogP contribution in [0.2, 0.25) is 0 Å². The molecule has 0 spiro atoms. The van der Waals surface area contributed by atoms with Gasteiger partial charge in [-0.25, -0.2) is 17.6 Å². The summed E-state index contributed by atoms with van der Waals surface area (Å²) in [6.45, 7) is 0.887. The van der Waals surface area contributed by atoms with Crippen molar-refractivity contribution in [3.63, 3.8) is 0 Å². The average Bonchev–Trinajstić information content (AvgIpc) is 2.13. The van der Waals surface area contributed by atoms with Gasteiger partial charge < -0.3 is 0 Å². The fourth-order valence-electron chi connectivity index (χ4n) is 0.840. The minimum atomic E-state index is -1.65. The molecule has 0 aliphatic carbocycles. The van der Waals surface area contributed by atoms with Gasteiger partial charge >= 0.3 is 0 Å². The van der Waals surface area contributed by atoms with Crippen LogP contribution in [0.5, 0.6) is 0 Å². The lowest BCUT2D eigenvalue weighted by atomic mass is 10.1. The van der Waals surface area contributed by atoms with E-state index < -0.39 is 34.4 Å². The average molecular weight is 189 g/mol. The van der Waals surface area contributed by atoms with Crippen molar-refractivity contribution in [2.75, 3.05) is 0 Å². The van der Waals surface area contributed by atoms with Crippen molar-refractivity contribution in [3.05, 3.63) is 34.4 Å². The van der Waals surface area contributed by atoms with Crippen LogP contribution in [0, 0.1) is 41.5 Å². The highest BCUT2D eigenvalue weighted by atomic mass is 19.2. The van der Waals surface area contributed by atoms with Crippen molar-refractivity contribution in [2.45, 2.75) is 6.92 Å². The highest BCUT2D eigenvalue weighted by molar-refractivity contribution is 5.36. The Morgan fingerprint density at radius 2 is 1.31 bits per heavy atom. The summed E-state index contributed by atoms with van der Waals surface area (Å²) in [6.07, 6.45) is 0. The smallest absolute Gasteiger partial charge is 0.180 e. The first kappa shape index (κ1) is 9.52. The molecule has 0 saturated heterocycles. The van der Waals surface area contributed by atoms with Crippen molar-refractivity contribution in [3.8, 4) is 6.07 Å². The van der Waals surface area contributed by atoms with Crippen LogP contribution >= 0.6 is 0 Å². The Hall–Kier alpha value is -1.57. The summed E-state index contributed by atoms with van der Waals surface area (Å²) in [5.41, 5.74) is -2.00. The lowest BCUT2D eigenvalue weighted by Gasteiger charge is -2.03. The van der Waals surface area contributed by atoms with E-state index >= 15 is 0 Å². The number of benzene rings is 1. The molecule has 0 atom stereocenters. The van der Waals surface area contributed by atoms with Gasteiger partial charge in [-0.15, -0.1) is 0 Å². The molecule has 0 N–H and O–H groups in total. The van der Waals surface area contributed by atoms with E-state index in [1.165, 1.54) is 0 Å². The van der Waals surface area contributed by atoms with Crippen molar-refractivity contribution in [2.24, 2.45) is 0 Å². The van der Waals surface area contributed by atoms with E-state index in [9.17, 15) is 17.6 Å². The van der Waals surface area contributed by atoms with Gasteiger partial charge in [0.25, 0.3) is 0 Å². The van der Waals surface area contributed by atoms with E-state index in [4.69, 9.17) is 5.26 Å². The zero-order valence-electron chi connectivity index (χ0n) is 6.46. The van der Waals surface area contributed by atoms with Gasteiger partial charge in [-0.2, -0.15) is 5.26 Å². The van der Waals surface area contributed by atoms with Crippen LogP contribution in [0.4, 0.5) is 17.6 Å². The predicted octanol–water partition coefficient (Wildman–Crippen LogP) is 2.42. The molecule has 1 aromatic carbocycles. The lowest BCUT2D eigenvalue weighted by Crippen LogP contribution is -2.03. The third-order valence-electron chi connectivity index (χ3n) is 1.59. The number of rotatable bonds is 0. The fourth-order valence-corrected chi connectivity index (χ4v) is 0.840.